The molecule has 0 radical (unpaired) electrons. The van der Waals surface area contributed by atoms with Crippen LogP contribution in [0.25, 0.3) is 0 Å². The van der Waals surface area contributed by atoms with Gasteiger partial charge in [-0.25, -0.2) is 8.78 Å². The molecule has 1 fully saturated rings. The Balaban J connectivity index is 2.58. The number of carboxylic acid groups (broad SMARTS) is 1. The number of likely N-dealkylation sites (tertiary alicyclic amines) is 1. The van der Waals surface area contributed by atoms with Gasteiger partial charge in [0.15, 0.2) is 0 Å². The standard InChI is InChI=1S/C9H15F2NO2/c1-6-2-3-12(5-8(10)11)7(4-6)9(13)14/h6-8H,2-5H2,1H3,(H,13,14). The van der Waals surface area contributed by atoms with Gasteiger partial charge in [-0.2, -0.15) is 0 Å². The van der Waals surface area contributed by atoms with E-state index in [2.05, 4.69) is 0 Å². The first-order valence-corrected chi connectivity index (χ1v) is 4.75. The summed E-state index contributed by atoms with van der Waals surface area (Å²) in [5.74, 6) is -0.678. The van der Waals surface area contributed by atoms with Crippen molar-refractivity contribution >= 4 is 5.97 Å². The van der Waals surface area contributed by atoms with Gasteiger partial charge in [-0.1, -0.05) is 6.92 Å². The molecule has 0 aromatic carbocycles. The van der Waals surface area contributed by atoms with Crippen molar-refractivity contribution in [3.63, 3.8) is 0 Å². The minimum Gasteiger partial charge on any atom is -0.480 e. The predicted octanol–water partition coefficient (Wildman–Crippen LogP) is 1.44. The Morgan fingerprint density at radius 3 is 2.79 bits per heavy atom. The minimum atomic E-state index is -2.45. The number of aliphatic carboxylic acids is 1. The summed E-state index contributed by atoms with van der Waals surface area (Å²) in [5, 5.41) is 8.85. The number of nitrogens with zero attached hydrogens (tertiary/aromatic N) is 1. The van der Waals surface area contributed by atoms with Crippen LogP contribution in [0.3, 0.4) is 0 Å². The molecule has 1 rings (SSSR count). The zero-order valence-electron chi connectivity index (χ0n) is 8.12. The van der Waals surface area contributed by atoms with Gasteiger partial charge in [-0.05, 0) is 25.3 Å². The number of hydrogen-bond donors (Lipinski definition) is 1. The average Bonchev–Trinajstić information content (AvgIpc) is 2.07. The van der Waals surface area contributed by atoms with E-state index in [9.17, 15) is 13.6 Å². The van der Waals surface area contributed by atoms with E-state index in [4.69, 9.17) is 5.11 Å². The van der Waals surface area contributed by atoms with Crippen LogP contribution in [0, 0.1) is 5.92 Å². The van der Waals surface area contributed by atoms with Crippen molar-refractivity contribution in [1.29, 1.82) is 0 Å². The van der Waals surface area contributed by atoms with E-state index in [-0.39, 0.29) is 0 Å². The van der Waals surface area contributed by atoms with Gasteiger partial charge in [-0.3, -0.25) is 9.69 Å². The van der Waals surface area contributed by atoms with Gasteiger partial charge in [0.05, 0.1) is 6.54 Å². The maximum Gasteiger partial charge on any atom is 0.320 e. The second-order valence-electron chi connectivity index (χ2n) is 3.87. The molecule has 14 heavy (non-hydrogen) atoms. The number of alkyl halides is 2. The van der Waals surface area contributed by atoms with E-state index in [1.54, 1.807) is 0 Å². The van der Waals surface area contributed by atoms with Crippen LogP contribution in [0.1, 0.15) is 19.8 Å². The molecule has 0 aromatic rings. The Kier molecular flexibility index (Phi) is 3.80. The molecule has 0 amide bonds. The van der Waals surface area contributed by atoms with E-state index in [0.29, 0.717) is 18.9 Å². The lowest BCUT2D eigenvalue weighted by Gasteiger charge is -2.35. The van der Waals surface area contributed by atoms with Crippen LogP contribution in [-0.2, 0) is 4.79 Å². The SMILES string of the molecule is CC1CCN(CC(F)F)C(C(=O)O)C1. The highest BCUT2D eigenvalue weighted by Crippen LogP contribution is 2.23. The topological polar surface area (TPSA) is 40.5 Å². The van der Waals surface area contributed by atoms with Crippen LogP contribution in [0.4, 0.5) is 8.78 Å². The van der Waals surface area contributed by atoms with Gasteiger partial charge in [-0.15, -0.1) is 0 Å². The van der Waals surface area contributed by atoms with Crippen molar-refractivity contribution in [2.24, 2.45) is 5.92 Å². The lowest BCUT2D eigenvalue weighted by molar-refractivity contribution is -0.146. The smallest absolute Gasteiger partial charge is 0.320 e. The van der Waals surface area contributed by atoms with Crippen molar-refractivity contribution in [3.8, 4) is 0 Å². The van der Waals surface area contributed by atoms with E-state index in [1.165, 1.54) is 4.90 Å². The summed E-state index contributed by atoms with van der Waals surface area (Å²) < 4.78 is 24.2. The van der Waals surface area contributed by atoms with E-state index < -0.39 is 25.0 Å². The van der Waals surface area contributed by atoms with E-state index >= 15 is 0 Å². The maximum absolute atomic E-state index is 12.1. The zero-order valence-corrected chi connectivity index (χ0v) is 8.12. The monoisotopic (exact) mass is 207 g/mol. The van der Waals surface area contributed by atoms with Crippen LogP contribution in [-0.4, -0.2) is 41.5 Å². The van der Waals surface area contributed by atoms with Crippen LogP contribution in [0.2, 0.25) is 0 Å². The highest BCUT2D eigenvalue weighted by molar-refractivity contribution is 5.73. The van der Waals surface area contributed by atoms with Gasteiger partial charge in [0.25, 0.3) is 6.43 Å². The number of piperidine rings is 1. The summed E-state index contributed by atoms with van der Waals surface area (Å²) >= 11 is 0. The Labute approximate surface area is 81.7 Å². The van der Waals surface area contributed by atoms with Crippen molar-refractivity contribution in [2.75, 3.05) is 13.1 Å². The average molecular weight is 207 g/mol. The molecule has 0 saturated carbocycles. The Hall–Kier alpha value is -0.710. The molecule has 3 nitrogen and oxygen atoms in total. The van der Waals surface area contributed by atoms with Crippen LogP contribution in [0.15, 0.2) is 0 Å². The van der Waals surface area contributed by atoms with Crippen molar-refractivity contribution < 1.29 is 18.7 Å². The molecule has 1 heterocycles. The number of carbonyl (C=O) groups is 1. The first-order chi connectivity index (χ1) is 6.50. The number of hydrogen-bond acceptors (Lipinski definition) is 2. The molecule has 5 heteroatoms. The largest absolute Gasteiger partial charge is 0.480 e. The molecule has 0 aliphatic carbocycles. The molecular formula is C9H15F2NO2. The van der Waals surface area contributed by atoms with E-state index in [0.717, 1.165) is 6.42 Å². The third-order valence-corrected chi connectivity index (χ3v) is 2.63. The van der Waals surface area contributed by atoms with Crippen molar-refractivity contribution in [3.05, 3.63) is 0 Å². The van der Waals surface area contributed by atoms with Crippen LogP contribution >= 0.6 is 0 Å². The van der Waals surface area contributed by atoms with E-state index in [1.807, 2.05) is 6.92 Å². The van der Waals surface area contributed by atoms with Crippen molar-refractivity contribution in [2.45, 2.75) is 32.2 Å². The second-order valence-corrected chi connectivity index (χ2v) is 3.87. The number of halogens is 2. The lowest BCUT2D eigenvalue weighted by atomic mass is 9.92. The Morgan fingerprint density at radius 2 is 2.29 bits per heavy atom. The normalized spacial score (nSPS) is 29.4. The lowest BCUT2D eigenvalue weighted by Crippen LogP contribution is -2.48. The molecule has 0 bridgehead atoms. The molecule has 2 unspecified atom stereocenters. The molecular weight excluding hydrogens is 192 g/mol. The fourth-order valence-corrected chi connectivity index (χ4v) is 1.84. The minimum absolute atomic E-state index is 0.310. The predicted molar refractivity (Wildman–Crippen MR) is 47.4 cm³/mol. The summed E-state index contributed by atoms with van der Waals surface area (Å²) in [7, 11) is 0. The molecule has 0 spiro atoms. The highest BCUT2D eigenvalue weighted by atomic mass is 19.3. The van der Waals surface area contributed by atoms with Crippen LogP contribution < -0.4 is 0 Å². The quantitative estimate of drug-likeness (QED) is 0.761. The number of rotatable bonds is 3. The molecule has 1 saturated heterocycles. The molecule has 1 aliphatic heterocycles. The summed E-state index contributed by atoms with van der Waals surface area (Å²) in [5.41, 5.74) is 0. The maximum atomic E-state index is 12.1. The molecule has 2 atom stereocenters. The van der Waals surface area contributed by atoms with Crippen LogP contribution in [0.5, 0.6) is 0 Å². The fraction of sp³-hybridized carbons (Fsp3) is 0.889. The zero-order chi connectivity index (χ0) is 10.7. The first-order valence-electron chi connectivity index (χ1n) is 4.75. The van der Waals surface area contributed by atoms with Gasteiger partial charge < -0.3 is 5.11 Å². The van der Waals surface area contributed by atoms with Gasteiger partial charge in [0.2, 0.25) is 0 Å². The Bertz CT molecular complexity index is 211. The fourth-order valence-electron chi connectivity index (χ4n) is 1.84. The third-order valence-electron chi connectivity index (χ3n) is 2.63. The van der Waals surface area contributed by atoms with Gasteiger partial charge in [0.1, 0.15) is 6.04 Å². The van der Waals surface area contributed by atoms with Gasteiger partial charge >= 0.3 is 5.97 Å². The second kappa shape index (κ2) is 4.68. The van der Waals surface area contributed by atoms with Crippen molar-refractivity contribution in [1.82, 2.24) is 4.90 Å². The van der Waals surface area contributed by atoms with Gasteiger partial charge in [0, 0.05) is 0 Å². The summed E-state index contributed by atoms with van der Waals surface area (Å²) in [4.78, 5) is 12.2. The highest BCUT2D eigenvalue weighted by Gasteiger charge is 2.32. The summed E-state index contributed by atoms with van der Waals surface area (Å²) in [6, 6.07) is -0.729. The first kappa shape index (κ1) is 11.4. The number of carboxylic acids is 1. The molecule has 1 aliphatic rings. The Morgan fingerprint density at radius 1 is 1.64 bits per heavy atom. The molecule has 82 valence electrons. The molecule has 1 N–H and O–H groups in total. The third kappa shape index (κ3) is 2.90. The molecule has 0 aromatic heterocycles. The summed E-state index contributed by atoms with van der Waals surface area (Å²) in [6.07, 6.45) is -1.18. The summed E-state index contributed by atoms with van der Waals surface area (Å²) in [6.45, 7) is 1.99.